The van der Waals surface area contributed by atoms with Crippen molar-refractivity contribution in [3.8, 4) is 0 Å². The topological polar surface area (TPSA) is 78.5 Å². The van der Waals surface area contributed by atoms with Crippen LogP contribution >= 0.6 is 11.6 Å². The van der Waals surface area contributed by atoms with E-state index in [2.05, 4.69) is 10.6 Å². The molecule has 6 nitrogen and oxygen atoms in total. The van der Waals surface area contributed by atoms with Crippen molar-refractivity contribution in [3.63, 3.8) is 0 Å². The predicted octanol–water partition coefficient (Wildman–Crippen LogP) is 2.87. The van der Waals surface area contributed by atoms with Crippen LogP contribution in [0.2, 0.25) is 5.02 Å². The molecule has 0 aliphatic carbocycles. The summed E-state index contributed by atoms with van der Waals surface area (Å²) in [6, 6.07) is 14.0. The molecular formula is C20H20ClN3O3. The summed E-state index contributed by atoms with van der Waals surface area (Å²) in [6.45, 7) is 1.10. The number of nitrogens with zero attached hydrogens (tertiary/aromatic N) is 1. The number of hydrogen-bond acceptors (Lipinski definition) is 3. The number of amides is 4. The highest BCUT2D eigenvalue weighted by atomic mass is 35.5. The summed E-state index contributed by atoms with van der Waals surface area (Å²) < 4.78 is 0. The van der Waals surface area contributed by atoms with Gasteiger partial charge in [0.1, 0.15) is 0 Å². The lowest BCUT2D eigenvalue weighted by molar-refractivity contribution is 0.0653. The van der Waals surface area contributed by atoms with Gasteiger partial charge < -0.3 is 10.6 Å². The summed E-state index contributed by atoms with van der Waals surface area (Å²) in [4.78, 5) is 37.5. The lowest BCUT2D eigenvalue weighted by Crippen LogP contribution is -2.38. The van der Waals surface area contributed by atoms with Gasteiger partial charge in [0, 0.05) is 24.7 Å². The smallest absolute Gasteiger partial charge is 0.314 e. The molecule has 27 heavy (non-hydrogen) atoms. The fourth-order valence-electron chi connectivity index (χ4n) is 2.96. The van der Waals surface area contributed by atoms with Gasteiger partial charge in [-0.1, -0.05) is 41.9 Å². The van der Waals surface area contributed by atoms with Crippen molar-refractivity contribution < 1.29 is 14.4 Å². The number of carbonyl (C=O) groups excluding carboxylic acids is 3. The molecule has 140 valence electrons. The van der Waals surface area contributed by atoms with Crippen LogP contribution in [0.4, 0.5) is 4.79 Å². The van der Waals surface area contributed by atoms with Gasteiger partial charge in [0.05, 0.1) is 11.1 Å². The largest absolute Gasteiger partial charge is 0.338 e. The molecule has 3 rings (SSSR count). The van der Waals surface area contributed by atoms with Gasteiger partial charge in [-0.15, -0.1) is 0 Å². The Bertz CT molecular complexity index is 834. The van der Waals surface area contributed by atoms with Crippen molar-refractivity contribution >= 4 is 29.4 Å². The van der Waals surface area contributed by atoms with Crippen molar-refractivity contribution in [2.45, 2.75) is 12.8 Å². The highest BCUT2D eigenvalue weighted by molar-refractivity contribution is 6.31. The van der Waals surface area contributed by atoms with Gasteiger partial charge in [0.15, 0.2) is 0 Å². The van der Waals surface area contributed by atoms with Gasteiger partial charge >= 0.3 is 6.03 Å². The van der Waals surface area contributed by atoms with Crippen LogP contribution in [0.5, 0.6) is 0 Å². The van der Waals surface area contributed by atoms with Gasteiger partial charge in [-0.3, -0.25) is 14.5 Å². The van der Waals surface area contributed by atoms with Crippen molar-refractivity contribution in [3.05, 3.63) is 70.2 Å². The van der Waals surface area contributed by atoms with E-state index in [0.29, 0.717) is 42.1 Å². The first kappa shape index (κ1) is 18.9. The maximum Gasteiger partial charge on any atom is 0.314 e. The monoisotopic (exact) mass is 385 g/mol. The maximum absolute atomic E-state index is 12.2. The molecule has 4 amide bonds. The van der Waals surface area contributed by atoms with Crippen LogP contribution in [0.3, 0.4) is 0 Å². The second-order valence-corrected chi connectivity index (χ2v) is 6.59. The first-order valence-electron chi connectivity index (χ1n) is 8.78. The van der Waals surface area contributed by atoms with E-state index in [-0.39, 0.29) is 24.4 Å². The number of benzene rings is 2. The average Bonchev–Trinajstić information content (AvgIpc) is 2.91. The quantitative estimate of drug-likeness (QED) is 0.568. The fourth-order valence-corrected chi connectivity index (χ4v) is 3.19. The van der Waals surface area contributed by atoms with Gasteiger partial charge in [0.25, 0.3) is 11.8 Å². The van der Waals surface area contributed by atoms with Crippen molar-refractivity contribution in [2.24, 2.45) is 0 Å². The zero-order valence-electron chi connectivity index (χ0n) is 14.7. The lowest BCUT2D eigenvalue weighted by atomic mass is 10.1. The van der Waals surface area contributed by atoms with Crippen LogP contribution < -0.4 is 10.6 Å². The third-order valence-corrected chi connectivity index (χ3v) is 4.73. The number of imide groups is 1. The number of urea groups is 1. The third kappa shape index (κ3) is 4.46. The molecule has 2 aromatic rings. The van der Waals surface area contributed by atoms with Crippen molar-refractivity contribution in [1.82, 2.24) is 15.5 Å². The number of carbonyl (C=O) groups is 3. The molecule has 2 N–H and O–H groups in total. The highest BCUT2D eigenvalue weighted by Gasteiger charge is 2.34. The van der Waals surface area contributed by atoms with Gasteiger partial charge in [0.2, 0.25) is 0 Å². The molecule has 1 aliphatic heterocycles. The SMILES string of the molecule is O=C(NCCCN1C(=O)c2ccccc2C1=O)NCCc1ccccc1Cl. The molecule has 1 heterocycles. The second-order valence-electron chi connectivity index (χ2n) is 6.19. The lowest BCUT2D eigenvalue weighted by Gasteiger charge is -2.14. The first-order valence-corrected chi connectivity index (χ1v) is 9.16. The molecule has 0 aromatic heterocycles. The Morgan fingerprint density at radius 3 is 2.15 bits per heavy atom. The summed E-state index contributed by atoms with van der Waals surface area (Å²) in [5.41, 5.74) is 1.85. The van der Waals surface area contributed by atoms with E-state index in [4.69, 9.17) is 11.6 Å². The number of halogens is 1. The molecule has 0 bridgehead atoms. The molecule has 0 atom stereocenters. The van der Waals surface area contributed by atoms with Crippen LogP contribution in [0.25, 0.3) is 0 Å². The molecule has 0 saturated carbocycles. The fraction of sp³-hybridized carbons (Fsp3) is 0.250. The second kappa shape index (κ2) is 8.68. The van der Waals surface area contributed by atoms with Crippen molar-refractivity contribution in [2.75, 3.05) is 19.6 Å². The molecular weight excluding hydrogens is 366 g/mol. The maximum atomic E-state index is 12.2. The van der Waals surface area contributed by atoms with Crippen LogP contribution in [0, 0.1) is 0 Å². The summed E-state index contributed by atoms with van der Waals surface area (Å²) in [5, 5.41) is 6.17. The Morgan fingerprint density at radius 2 is 1.48 bits per heavy atom. The minimum absolute atomic E-state index is 0.270. The van der Waals surface area contributed by atoms with Crippen LogP contribution in [-0.2, 0) is 6.42 Å². The minimum atomic E-state index is -0.288. The molecule has 0 radical (unpaired) electrons. The van der Waals surface area contributed by atoms with E-state index in [1.54, 1.807) is 24.3 Å². The normalized spacial score (nSPS) is 12.9. The third-order valence-electron chi connectivity index (χ3n) is 4.36. The van der Waals surface area contributed by atoms with Crippen LogP contribution in [0.1, 0.15) is 32.7 Å². The molecule has 0 saturated heterocycles. The summed E-state index contributed by atoms with van der Waals surface area (Å²) in [6.07, 6.45) is 1.13. The Labute approximate surface area is 162 Å². The molecule has 0 unspecified atom stereocenters. The number of hydrogen-bond donors (Lipinski definition) is 2. The summed E-state index contributed by atoms with van der Waals surface area (Å²) in [7, 11) is 0. The predicted molar refractivity (Wildman–Crippen MR) is 103 cm³/mol. The van der Waals surface area contributed by atoms with E-state index in [0.717, 1.165) is 5.56 Å². The summed E-state index contributed by atoms with van der Waals surface area (Å²) in [5.74, 6) is -0.556. The number of nitrogens with one attached hydrogen (secondary N) is 2. The first-order chi connectivity index (χ1) is 13.1. The Hall–Kier alpha value is -2.86. The highest BCUT2D eigenvalue weighted by Crippen LogP contribution is 2.22. The standard InChI is InChI=1S/C20H20ClN3O3/c21-17-9-4-1-6-14(17)10-12-23-20(27)22-11-5-13-24-18(25)15-7-2-3-8-16(15)19(24)26/h1-4,6-9H,5,10-13H2,(H2,22,23,27). The molecule has 0 fully saturated rings. The zero-order chi connectivity index (χ0) is 19.2. The Balaban J connectivity index is 1.36. The van der Waals surface area contributed by atoms with Crippen LogP contribution in [-0.4, -0.2) is 42.4 Å². The van der Waals surface area contributed by atoms with E-state index < -0.39 is 0 Å². The van der Waals surface area contributed by atoms with Crippen LogP contribution in [0.15, 0.2) is 48.5 Å². The summed E-state index contributed by atoms with van der Waals surface area (Å²) >= 11 is 6.07. The van der Waals surface area contributed by atoms with E-state index in [9.17, 15) is 14.4 Å². The van der Waals surface area contributed by atoms with E-state index in [1.807, 2.05) is 24.3 Å². The molecule has 2 aromatic carbocycles. The van der Waals surface area contributed by atoms with E-state index in [1.165, 1.54) is 4.90 Å². The minimum Gasteiger partial charge on any atom is -0.338 e. The number of fused-ring (bicyclic) bond motifs is 1. The van der Waals surface area contributed by atoms with Gasteiger partial charge in [-0.05, 0) is 36.6 Å². The van der Waals surface area contributed by atoms with Gasteiger partial charge in [-0.2, -0.15) is 0 Å². The number of rotatable bonds is 7. The molecule has 0 spiro atoms. The Kier molecular flexibility index (Phi) is 6.08. The average molecular weight is 386 g/mol. The zero-order valence-corrected chi connectivity index (χ0v) is 15.5. The van der Waals surface area contributed by atoms with Gasteiger partial charge in [-0.25, -0.2) is 4.79 Å². The molecule has 1 aliphatic rings. The van der Waals surface area contributed by atoms with E-state index >= 15 is 0 Å². The van der Waals surface area contributed by atoms with Crippen molar-refractivity contribution in [1.29, 1.82) is 0 Å². The molecule has 7 heteroatoms. The Morgan fingerprint density at radius 1 is 0.889 bits per heavy atom.